The topological polar surface area (TPSA) is 78.1 Å². The molecule has 1 aromatic heterocycles. The fourth-order valence-electron chi connectivity index (χ4n) is 2.13. The van der Waals surface area contributed by atoms with Crippen molar-refractivity contribution in [3.8, 4) is 0 Å². The smallest absolute Gasteiger partial charge is 0.359 e. The molecule has 0 aliphatic heterocycles. The first-order valence-electron chi connectivity index (χ1n) is 7.65. The van der Waals surface area contributed by atoms with Crippen molar-refractivity contribution in [2.45, 2.75) is 23.3 Å². The number of nitrogen functional groups attached to an aromatic ring is 1. The third-order valence-corrected chi connectivity index (χ3v) is 4.36. The molecular formula is C18H17N3O2S. The number of carbonyl (C=O) groups excluding carboxylic acids is 1. The Kier molecular flexibility index (Phi) is 4.96. The molecule has 3 aromatic rings. The Balaban J connectivity index is 2.06. The van der Waals surface area contributed by atoms with E-state index in [1.165, 1.54) is 11.8 Å². The molecule has 2 N–H and O–H groups in total. The van der Waals surface area contributed by atoms with Crippen molar-refractivity contribution in [2.24, 2.45) is 0 Å². The molecule has 0 spiro atoms. The van der Waals surface area contributed by atoms with E-state index < -0.39 is 5.97 Å². The Hall–Kier alpha value is -2.60. The summed E-state index contributed by atoms with van der Waals surface area (Å²) < 4.78 is 5.25. The monoisotopic (exact) mass is 339 g/mol. The van der Waals surface area contributed by atoms with E-state index in [0.717, 1.165) is 16.8 Å². The van der Waals surface area contributed by atoms with Crippen molar-refractivity contribution in [3.63, 3.8) is 0 Å². The van der Waals surface area contributed by atoms with Crippen LogP contribution < -0.4 is 5.73 Å². The Labute approximate surface area is 144 Å². The zero-order chi connectivity index (χ0) is 16.9. The molecular weight excluding hydrogens is 322 g/mol. The first kappa shape index (κ1) is 16.3. The van der Waals surface area contributed by atoms with Crippen LogP contribution in [-0.4, -0.2) is 22.5 Å². The zero-order valence-corrected chi connectivity index (χ0v) is 14.0. The molecule has 1 heterocycles. The minimum Gasteiger partial charge on any atom is -0.461 e. The zero-order valence-electron chi connectivity index (χ0n) is 13.2. The normalized spacial score (nSPS) is 10.7. The Morgan fingerprint density at radius 3 is 2.46 bits per heavy atom. The van der Waals surface area contributed by atoms with Crippen LogP contribution >= 0.6 is 11.8 Å². The van der Waals surface area contributed by atoms with Gasteiger partial charge in [0.05, 0.1) is 17.6 Å². The van der Waals surface area contributed by atoms with E-state index >= 15 is 0 Å². The van der Waals surface area contributed by atoms with Crippen LogP contribution in [0.25, 0.3) is 11.0 Å². The Morgan fingerprint density at radius 2 is 1.75 bits per heavy atom. The molecule has 0 amide bonds. The van der Waals surface area contributed by atoms with Crippen LogP contribution in [0.4, 0.5) is 5.69 Å². The number of ether oxygens (including phenoxy) is 1. The van der Waals surface area contributed by atoms with Gasteiger partial charge in [-0.3, -0.25) is 0 Å². The number of nitrogens with zero attached hydrogens (tertiary/aromatic N) is 2. The van der Waals surface area contributed by atoms with Crippen molar-refractivity contribution in [1.29, 1.82) is 0 Å². The number of fused-ring (bicyclic) bond motifs is 1. The largest absolute Gasteiger partial charge is 0.461 e. The molecule has 0 radical (unpaired) electrons. The van der Waals surface area contributed by atoms with E-state index in [9.17, 15) is 4.79 Å². The molecule has 122 valence electrons. The standard InChI is InChI=1S/C18H17N3O2S/c1-2-11-23-18(22)16-17(24-15-10-6-3-7-12(15)19)21-14-9-5-4-8-13(14)20-16/h3-10H,2,11,19H2,1H3. The minimum absolute atomic E-state index is 0.218. The van der Waals surface area contributed by atoms with Crippen molar-refractivity contribution < 1.29 is 9.53 Å². The fourth-order valence-corrected chi connectivity index (χ4v) is 3.04. The summed E-state index contributed by atoms with van der Waals surface area (Å²) in [4.78, 5) is 22.2. The van der Waals surface area contributed by atoms with Gasteiger partial charge < -0.3 is 10.5 Å². The number of esters is 1. The number of para-hydroxylation sites is 3. The van der Waals surface area contributed by atoms with Gasteiger partial charge in [-0.2, -0.15) is 0 Å². The van der Waals surface area contributed by atoms with Crippen LogP contribution in [0.5, 0.6) is 0 Å². The van der Waals surface area contributed by atoms with Crippen molar-refractivity contribution in [3.05, 3.63) is 54.2 Å². The van der Waals surface area contributed by atoms with Gasteiger partial charge in [-0.15, -0.1) is 0 Å². The molecule has 0 aliphatic carbocycles. The van der Waals surface area contributed by atoms with Crippen molar-refractivity contribution >= 4 is 34.5 Å². The number of hydrogen-bond acceptors (Lipinski definition) is 6. The van der Waals surface area contributed by atoms with Gasteiger partial charge in [0.15, 0.2) is 5.69 Å². The summed E-state index contributed by atoms with van der Waals surface area (Å²) in [5.74, 6) is -0.466. The predicted octanol–water partition coefficient (Wildman–Crippen LogP) is 3.93. The molecule has 0 aliphatic rings. The lowest BCUT2D eigenvalue weighted by atomic mass is 10.3. The van der Waals surface area contributed by atoms with Crippen LogP contribution in [0.1, 0.15) is 23.8 Å². The molecule has 0 fully saturated rings. The Morgan fingerprint density at radius 1 is 1.08 bits per heavy atom. The maximum Gasteiger partial charge on any atom is 0.359 e. The molecule has 6 heteroatoms. The maximum atomic E-state index is 12.4. The van der Waals surface area contributed by atoms with Crippen molar-refractivity contribution in [1.82, 2.24) is 9.97 Å². The van der Waals surface area contributed by atoms with E-state index in [1.807, 2.05) is 55.5 Å². The Bertz CT molecular complexity index is 883. The molecule has 2 aromatic carbocycles. The summed E-state index contributed by atoms with van der Waals surface area (Å²) in [7, 11) is 0. The molecule has 3 rings (SSSR count). The third kappa shape index (κ3) is 3.49. The molecule has 5 nitrogen and oxygen atoms in total. The molecule has 0 saturated heterocycles. The third-order valence-electron chi connectivity index (χ3n) is 3.29. The number of benzene rings is 2. The van der Waals surface area contributed by atoms with Gasteiger partial charge in [0.1, 0.15) is 5.03 Å². The van der Waals surface area contributed by atoms with Gasteiger partial charge >= 0.3 is 5.97 Å². The molecule has 24 heavy (non-hydrogen) atoms. The van der Waals surface area contributed by atoms with Gasteiger partial charge in [-0.05, 0) is 30.7 Å². The number of anilines is 1. The summed E-state index contributed by atoms with van der Waals surface area (Å²) in [6.45, 7) is 2.30. The van der Waals surface area contributed by atoms with E-state index in [-0.39, 0.29) is 5.69 Å². The molecule has 0 unspecified atom stereocenters. The summed E-state index contributed by atoms with van der Waals surface area (Å²) in [6, 6.07) is 14.9. The fraction of sp³-hybridized carbons (Fsp3) is 0.167. The predicted molar refractivity (Wildman–Crippen MR) is 95.1 cm³/mol. The highest BCUT2D eigenvalue weighted by molar-refractivity contribution is 7.99. The summed E-state index contributed by atoms with van der Waals surface area (Å²) in [5.41, 5.74) is 8.23. The van der Waals surface area contributed by atoms with Crippen LogP contribution in [-0.2, 0) is 4.74 Å². The van der Waals surface area contributed by atoms with Crippen LogP contribution in [0.15, 0.2) is 58.5 Å². The lowest BCUT2D eigenvalue weighted by molar-refractivity contribution is 0.0493. The van der Waals surface area contributed by atoms with E-state index in [1.54, 1.807) is 0 Å². The maximum absolute atomic E-state index is 12.4. The van der Waals surface area contributed by atoms with Gasteiger partial charge in [0.2, 0.25) is 0 Å². The average molecular weight is 339 g/mol. The highest BCUT2D eigenvalue weighted by atomic mass is 32.2. The SMILES string of the molecule is CCCOC(=O)c1nc2ccccc2nc1Sc1ccccc1N. The second-order valence-electron chi connectivity index (χ2n) is 5.14. The minimum atomic E-state index is -0.466. The summed E-state index contributed by atoms with van der Waals surface area (Å²) in [6.07, 6.45) is 0.751. The van der Waals surface area contributed by atoms with E-state index in [0.29, 0.717) is 22.8 Å². The quantitative estimate of drug-likeness (QED) is 0.560. The van der Waals surface area contributed by atoms with Crippen LogP contribution in [0.3, 0.4) is 0 Å². The lowest BCUT2D eigenvalue weighted by Gasteiger charge is -2.10. The average Bonchev–Trinajstić information content (AvgIpc) is 2.61. The second kappa shape index (κ2) is 7.31. The molecule has 0 atom stereocenters. The second-order valence-corrected chi connectivity index (χ2v) is 6.17. The molecule has 0 saturated carbocycles. The van der Waals surface area contributed by atoms with Gasteiger partial charge in [-0.25, -0.2) is 14.8 Å². The summed E-state index contributed by atoms with van der Waals surface area (Å²) in [5, 5.41) is 0.493. The van der Waals surface area contributed by atoms with Crippen LogP contribution in [0, 0.1) is 0 Å². The van der Waals surface area contributed by atoms with Crippen LogP contribution in [0.2, 0.25) is 0 Å². The number of hydrogen-bond donors (Lipinski definition) is 1. The van der Waals surface area contributed by atoms with E-state index in [2.05, 4.69) is 9.97 Å². The van der Waals surface area contributed by atoms with E-state index in [4.69, 9.17) is 10.5 Å². The van der Waals surface area contributed by atoms with Gasteiger partial charge in [0, 0.05) is 10.6 Å². The summed E-state index contributed by atoms with van der Waals surface area (Å²) >= 11 is 1.32. The molecule has 0 bridgehead atoms. The number of rotatable bonds is 5. The number of nitrogens with two attached hydrogens (primary N) is 1. The first-order valence-corrected chi connectivity index (χ1v) is 8.47. The number of carbonyl (C=O) groups is 1. The lowest BCUT2D eigenvalue weighted by Crippen LogP contribution is -2.11. The first-order chi connectivity index (χ1) is 11.7. The van der Waals surface area contributed by atoms with Gasteiger partial charge in [0.25, 0.3) is 0 Å². The highest BCUT2D eigenvalue weighted by Gasteiger charge is 2.19. The number of aromatic nitrogens is 2. The van der Waals surface area contributed by atoms with Crippen molar-refractivity contribution in [2.75, 3.05) is 12.3 Å². The van der Waals surface area contributed by atoms with Gasteiger partial charge in [-0.1, -0.05) is 43.0 Å². The highest BCUT2D eigenvalue weighted by Crippen LogP contribution is 2.33.